The highest BCUT2D eigenvalue weighted by Crippen LogP contribution is 2.33. The van der Waals surface area contributed by atoms with Gasteiger partial charge in [0.25, 0.3) is 0 Å². The van der Waals surface area contributed by atoms with Gasteiger partial charge < -0.3 is 14.8 Å². The minimum atomic E-state index is -4.86. The van der Waals surface area contributed by atoms with Crippen molar-refractivity contribution in [2.24, 2.45) is 0 Å². The van der Waals surface area contributed by atoms with Crippen LogP contribution in [0.15, 0.2) is 72.8 Å². The fourth-order valence-corrected chi connectivity index (χ4v) is 5.45. The van der Waals surface area contributed by atoms with Crippen molar-refractivity contribution in [2.45, 2.75) is 51.6 Å². The van der Waals surface area contributed by atoms with Gasteiger partial charge in [0.2, 0.25) is 10.0 Å². The van der Waals surface area contributed by atoms with Crippen LogP contribution in [-0.4, -0.2) is 57.6 Å². The highest BCUT2D eigenvalue weighted by atomic mass is 32.2. The monoisotopic (exact) mass is 634 g/mol. The van der Waals surface area contributed by atoms with Crippen molar-refractivity contribution in [1.29, 1.82) is 0 Å². The molecular formula is C31H37F3N4O5S. The third-order valence-electron chi connectivity index (χ3n) is 7.00. The molecule has 2 amide bonds. The minimum Gasteiger partial charge on any atom is -0.457 e. The lowest BCUT2D eigenvalue weighted by molar-refractivity contribution is -0.274. The van der Waals surface area contributed by atoms with Crippen molar-refractivity contribution in [1.82, 2.24) is 10.2 Å². The number of likely N-dealkylation sites (tertiary alicyclic amines) is 1. The summed E-state index contributed by atoms with van der Waals surface area (Å²) >= 11 is 0. The van der Waals surface area contributed by atoms with E-state index in [0.717, 1.165) is 37.9 Å². The Hall–Kier alpha value is -3.97. The summed E-state index contributed by atoms with van der Waals surface area (Å²) in [6.45, 7) is 4.44. The van der Waals surface area contributed by atoms with E-state index in [-0.39, 0.29) is 18.3 Å². The summed E-state index contributed by atoms with van der Waals surface area (Å²) < 4.78 is 74.2. The van der Waals surface area contributed by atoms with Crippen LogP contribution in [0.2, 0.25) is 0 Å². The normalized spacial score (nSPS) is 14.6. The Bertz CT molecular complexity index is 1480. The molecule has 0 unspecified atom stereocenters. The number of halogens is 3. The lowest BCUT2D eigenvalue weighted by Gasteiger charge is -2.34. The molecule has 0 aromatic heterocycles. The number of para-hydroxylation sites is 2. The number of carbonyl (C=O) groups excluding carboxylic acids is 1. The summed E-state index contributed by atoms with van der Waals surface area (Å²) in [7, 11) is -3.35. The Morgan fingerprint density at radius 3 is 2.18 bits per heavy atom. The summed E-state index contributed by atoms with van der Waals surface area (Å²) in [5, 5.41) is 3.02. The predicted molar refractivity (Wildman–Crippen MR) is 164 cm³/mol. The van der Waals surface area contributed by atoms with Gasteiger partial charge in [-0.1, -0.05) is 37.6 Å². The maximum atomic E-state index is 13.3. The zero-order valence-electron chi connectivity index (χ0n) is 24.6. The number of hydrogen-bond donors (Lipinski definition) is 2. The van der Waals surface area contributed by atoms with E-state index in [4.69, 9.17) is 4.74 Å². The van der Waals surface area contributed by atoms with E-state index in [2.05, 4.69) is 19.7 Å². The first-order chi connectivity index (χ1) is 20.9. The molecule has 3 aromatic rings. The van der Waals surface area contributed by atoms with Crippen LogP contribution in [0.25, 0.3) is 0 Å². The van der Waals surface area contributed by atoms with Gasteiger partial charge in [0.05, 0.1) is 11.9 Å². The molecule has 13 heteroatoms. The molecule has 1 saturated heterocycles. The molecule has 2 N–H and O–H groups in total. The number of nitrogens with one attached hydrogen (secondary N) is 2. The van der Waals surface area contributed by atoms with Gasteiger partial charge in [0.15, 0.2) is 5.75 Å². The van der Waals surface area contributed by atoms with Crippen molar-refractivity contribution in [2.75, 3.05) is 35.5 Å². The fourth-order valence-electron chi connectivity index (χ4n) is 4.89. The molecule has 238 valence electrons. The molecule has 1 heterocycles. The Morgan fingerprint density at radius 1 is 0.977 bits per heavy atom. The van der Waals surface area contributed by atoms with E-state index in [1.54, 1.807) is 30.3 Å². The highest BCUT2D eigenvalue weighted by molar-refractivity contribution is 7.92. The molecule has 1 fully saturated rings. The SMILES string of the molecule is CCCCN(C(=O)NC1CCN(Cc2ccc(Oc3ccc(NS(C)(=O)=O)cc3)cc2)CC1)c1ccccc1OC(F)(F)F. The van der Waals surface area contributed by atoms with Crippen LogP contribution in [-0.2, 0) is 16.6 Å². The number of sulfonamides is 1. The van der Waals surface area contributed by atoms with E-state index in [1.165, 1.54) is 23.1 Å². The first-order valence-corrected chi connectivity index (χ1v) is 16.3. The van der Waals surface area contributed by atoms with Crippen molar-refractivity contribution in [3.05, 3.63) is 78.4 Å². The predicted octanol–water partition coefficient (Wildman–Crippen LogP) is 6.73. The summed E-state index contributed by atoms with van der Waals surface area (Å²) in [4.78, 5) is 16.9. The van der Waals surface area contributed by atoms with Crippen molar-refractivity contribution in [3.63, 3.8) is 0 Å². The molecule has 1 aliphatic rings. The topological polar surface area (TPSA) is 100 Å². The standard InChI is InChI=1S/C31H37F3N4O5S/c1-3-4-19-38(28-7-5-6-8-29(28)43-31(32,33)34)30(39)35-24-17-20-37(21-18-24)22-23-9-13-26(14-10-23)42-27-15-11-25(12-16-27)36-44(2,40)41/h5-16,24,36H,3-4,17-22H2,1-2H3,(H,35,39). The molecule has 0 saturated carbocycles. The number of alkyl halides is 3. The van der Waals surface area contributed by atoms with E-state index >= 15 is 0 Å². The average molecular weight is 635 g/mol. The molecule has 0 spiro atoms. The second-order valence-electron chi connectivity index (χ2n) is 10.7. The maximum Gasteiger partial charge on any atom is 0.573 e. The minimum absolute atomic E-state index is 0.0848. The van der Waals surface area contributed by atoms with Crippen LogP contribution >= 0.6 is 0 Å². The van der Waals surface area contributed by atoms with E-state index in [0.29, 0.717) is 36.4 Å². The fraction of sp³-hybridized carbons (Fsp3) is 0.387. The summed E-state index contributed by atoms with van der Waals surface area (Å²) in [6, 6.07) is 19.5. The van der Waals surface area contributed by atoms with Crippen LogP contribution < -0.4 is 24.4 Å². The van der Waals surface area contributed by atoms with Crippen LogP contribution in [0.3, 0.4) is 0 Å². The number of urea groups is 1. The molecule has 0 radical (unpaired) electrons. The van der Waals surface area contributed by atoms with Gasteiger partial charge in [0.1, 0.15) is 11.5 Å². The third kappa shape index (κ3) is 10.3. The summed E-state index contributed by atoms with van der Waals surface area (Å²) in [6.07, 6.45) is -0.956. The Morgan fingerprint density at radius 2 is 1.59 bits per heavy atom. The molecule has 0 bridgehead atoms. The van der Waals surface area contributed by atoms with Crippen molar-refractivity contribution >= 4 is 27.4 Å². The first-order valence-electron chi connectivity index (χ1n) is 14.4. The highest BCUT2D eigenvalue weighted by Gasteiger charge is 2.33. The summed E-state index contributed by atoms with van der Waals surface area (Å²) in [5.41, 5.74) is 1.63. The van der Waals surface area contributed by atoms with Crippen LogP contribution in [0.4, 0.5) is 29.3 Å². The van der Waals surface area contributed by atoms with Crippen LogP contribution in [0, 0.1) is 0 Å². The number of piperidine rings is 1. The summed E-state index contributed by atoms with van der Waals surface area (Å²) in [5.74, 6) is 0.816. The third-order valence-corrected chi connectivity index (χ3v) is 7.61. The van der Waals surface area contributed by atoms with Gasteiger partial charge >= 0.3 is 12.4 Å². The number of amides is 2. The lowest BCUT2D eigenvalue weighted by Crippen LogP contribution is -2.49. The lowest BCUT2D eigenvalue weighted by atomic mass is 10.0. The van der Waals surface area contributed by atoms with Gasteiger partial charge in [-0.25, -0.2) is 13.2 Å². The molecule has 0 aliphatic carbocycles. The van der Waals surface area contributed by atoms with E-state index in [1.807, 2.05) is 31.2 Å². The number of benzene rings is 3. The molecule has 44 heavy (non-hydrogen) atoms. The van der Waals surface area contributed by atoms with E-state index < -0.39 is 28.2 Å². The number of carbonyl (C=O) groups is 1. The van der Waals surface area contributed by atoms with Gasteiger partial charge in [-0.3, -0.25) is 14.5 Å². The maximum absolute atomic E-state index is 13.3. The smallest absolute Gasteiger partial charge is 0.457 e. The molecule has 4 rings (SSSR count). The van der Waals surface area contributed by atoms with Gasteiger partial charge in [-0.2, -0.15) is 0 Å². The average Bonchev–Trinajstić information content (AvgIpc) is 2.96. The number of anilines is 2. The number of ether oxygens (including phenoxy) is 2. The largest absolute Gasteiger partial charge is 0.573 e. The number of rotatable bonds is 12. The zero-order valence-corrected chi connectivity index (χ0v) is 25.5. The molecule has 0 atom stereocenters. The van der Waals surface area contributed by atoms with Crippen LogP contribution in [0.5, 0.6) is 17.2 Å². The molecular weight excluding hydrogens is 597 g/mol. The van der Waals surface area contributed by atoms with Crippen LogP contribution in [0.1, 0.15) is 38.2 Å². The first kappa shape index (κ1) is 32.9. The Kier molecular flexibility index (Phi) is 11.0. The number of unbranched alkanes of at least 4 members (excludes halogenated alkanes) is 1. The molecule has 9 nitrogen and oxygen atoms in total. The molecule has 3 aromatic carbocycles. The van der Waals surface area contributed by atoms with Gasteiger partial charge in [0, 0.05) is 37.9 Å². The number of nitrogens with zero attached hydrogens (tertiary/aromatic N) is 2. The number of hydrogen-bond acceptors (Lipinski definition) is 6. The Labute approximate surface area is 256 Å². The second-order valence-corrected chi connectivity index (χ2v) is 12.4. The van der Waals surface area contributed by atoms with E-state index in [9.17, 15) is 26.4 Å². The van der Waals surface area contributed by atoms with Gasteiger partial charge in [-0.15, -0.1) is 13.2 Å². The zero-order chi connectivity index (χ0) is 31.7. The second kappa shape index (κ2) is 14.7. The quantitative estimate of drug-likeness (QED) is 0.229. The van der Waals surface area contributed by atoms with Crippen molar-refractivity contribution in [3.8, 4) is 17.2 Å². The van der Waals surface area contributed by atoms with Gasteiger partial charge in [-0.05, 0) is 73.4 Å². The van der Waals surface area contributed by atoms with Crippen molar-refractivity contribution < 1.29 is 35.9 Å². The Balaban J connectivity index is 1.28. The molecule has 1 aliphatic heterocycles.